The molecule has 0 aliphatic carbocycles. The molecule has 0 saturated carbocycles. The summed E-state index contributed by atoms with van der Waals surface area (Å²) in [6.45, 7) is 2.36. The van der Waals surface area contributed by atoms with E-state index in [4.69, 9.17) is 4.74 Å². The predicted molar refractivity (Wildman–Crippen MR) is 112 cm³/mol. The average molecular weight is 468 g/mol. The molecule has 170 valence electrons. The van der Waals surface area contributed by atoms with Crippen LogP contribution in [-0.4, -0.2) is 45.2 Å². The predicted octanol–water partition coefficient (Wildman–Crippen LogP) is 4.63. The first-order valence-electron chi connectivity index (χ1n) is 9.64. The van der Waals surface area contributed by atoms with Crippen molar-refractivity contribution >= 4 is 17.7 Å². The smallest absolute Gasteiger partial charge is 0.405 e. The fourth-order valence-corrected chi connectivity index (χ4v) is 3.68. The zero-order chi connectivity index (χ0) is 23.3. The van der Waals surface area contributed by atoms with Crippen LogP contribution in [0.4, 0.5) is 17.6 Å². The Kier molecular flexibility index (Phi) is 7.39. The van der Waals surface area contributed by atoms with Gasteiger partial charge in [-0.25, -0.2) is 4.39 Å². The number of hydrogen-bond donors (Lipinski definition) is 1. The number of carbonyl (C=O) groups is 1. The first-order valence-corrected chi connectivity index (χ1v) is 10.5. The lowest BCUT2D eigenvalue weighted by Crippen LogP contribution is -2.38. The van der Waals surface area contributed by atoms with Crippen LogP contribution in [0, 0.1) is 5.82 Å². The van der Waals surface area contributed by atoms with E-state index < -0.39 is 29.7 Å². The Bertz CT molecular complexity index is 1070. The Morgan fingerprint density at radius 3 is 2.47 bits per heavy atom. The summed E-state index contributed by atoms with van der Waals surface area (Å²) < 4.78 is 58.7. The van der Waals surface area contributed by atoms with E-state index >= 15 is 0 Å². The fraction of sp³-hybridized carbons (Fsp3) is 0.286. The van der Waals surface area contributed by atoms with Crippen LogP contribution in [0.25, 0.3) is 17.1 Å². The largest absolute Gasteiger partial charge is 0.494 e. The van der Waals surface area contributed by atoms with Crippen molar-refractivity contribution in [3.8, 4) is 22.8 Å². The SMILES string of the molecule is CCOc1ccc(-c2nnc(SC(C)C(=O)NCC(F)(F)F)n2-c2ccccc2F)cc1. The standard InChI is InChI=1S/C21H20F4N4O2S/c1-3-31-15-10-8-14(9-11-15)18-27-28-20(29(18)17-7-5-4-6-16(17)22)32-13(2)19(30)26-12-21(23,24)25/h4-11,13H,3,12H2,1-2H3,(H,26,30). The molecule has 0 bridgehead atoms. The number of halogens is 4. The van der Waals surface area contributed by atoms with Crippen LogP contribution in [0.5, 0.6) is 5.75 Å². The lowest BCUT2D eigenvalue weighted by Gasteiger charge is -2.15. The van der Waals surface area contributed by atoms with Gasteiger partial charge in [0.2, 0.25) is 5.91 Å². The molecule has 0 fully saturated rings. The Balaban J connectivity index is 1.95. The highest BCUT2D eigenvalue weighted by molar-refractivity contribution is 8.00. The number of para-hydroxylation sites is 1. The van der Waals surface area contributed by atoms with Gasteiger partial charge in [0.05, 0.1) is 17.5 Å². The van der Waals surface area contributed by atoms with Crippen molar-refractivity contribution in [1.29, 1.82) is 0 Å². The number of benzene rings is 2. The van der Waals surface area contributed by atoms with Gasteiger partial charge in [-0.2, -0.15) is 13.2 Å². The highest BCUT2D eigenvalue weighted by Crippen LogP contribution is 2.32. The Labute approximate surface area is 186 Å². The third kappa shape index (κ3) is 5.78. The first kappa shape index (κ1) is 23.6. The molecule has 0 saturated heterocycles. The first-order chi connectivity index (χ1) is 15.2. The molecule has 11 heteroatoms. The molecular weight excluding hydrogens is 448 g/mol. The van der Waals surface area contributed by atoms with Crippen LogP contribution in [0.15, 0.2) is 53.7 Å². The second-order valence-corrected chi connectivity index (χ2v) is 7.95. The molecule has 3 rings (SSSR count). The number of carbonyl (C=O) groups excluding carboxylic acids is 1. The number of ether oxygens (including phenoxy) is 1. The molecule has 1 N–H and O–H groups in total. The van der Waals surface area contributed by atoms with Gasteiger partial charge in [0.25, 0.3) is 0 Å². The Morgan fingerprint density at radius 2 is 1.84 bits per heavy atom. The van der Waals surface area contributed by atoms with E-state index in [-0.39, 0.29) is 10.8 Å². The highest BCUT2D eigenvalue weighted by atomic mass is 32.2. The summed E-state index contributed by atoms with van der Waals surface area (Å²) in [6, 6.07) is 12.9. The van der Waals surface area contributed by atoms with E-state index in [0.29, 0.717) is 23.7 Å². The third-order valence-corrected chi connectivity index (χ3v) is 5.31. The number of thioether (sulfide) groups is 1. The third-order valence-electron chi connectivity index (χ3n) is 4.26. The second-order valence-electron chi connectivity index (χ2n) is 6.64. The number of amides is 1. The lowest BCUT2D eigenvalue weighted by atomic mass is 10.2. The fourth-order valence-electron chi connectivity index (χ4n) is 2.79. The molecule has 0 aliphatic rings. The summed E-state index contributed by atoms with van der Waals surface area (Å²) in [5.41, 5.74) is 0.761. The Morgan fingerprint density at radius 1 is 1.16 bits per heavy atom. The van der Waals surface area contributed by atoms with Gasteiger partial charge in [0, 0.05) is 5.56 Å². The molecule has 3 aromatic rings. The molecule has 0 radical (unpaired) electrons. The van der Waals surface area contributed by atoms with Crippen molar-refractivity contribution in [3.63, 3.8) is 0 Å². The minimum Gasteiger partial charge on any atom is -0.494 e. The minimum absolute atomic E-state index is 0.145. The van der Waals surface area contributed by atoms with Crippen molar-refractivity contribution in [2.75, 3.05) is 13.2 Å². The van der Waals surface area contributed by atoms with E-state index in [2.05, 4.69) is 10.2 Å². The van der Waals surface area contributed by atoms with Crippen LogP contribution < -0.4 is 10.1 Å². The lowest BCUT2D eigenvalue weighted by molar-refractivity contribution is -0.137. The quantitative estimate of drug-likeness (QED) is 0.386. The van der Waals surface area contributed by atoms with Gasteiger partial charge in [-0.05, 0) is 50.2 Å². The number of alkyl halides is 3. The van der Waals surface area contributed by atoms with Crippen molar-refractivity contribution in [1.82, 2.24) is 20.1 Å². The normalized spacial score (nSPS) is 12.4. The van der Waals surface area contributed by atoms with Gasteiger partial charge in [-0.1, -0.05) is 23.9 Å². The van der Waals surface area contributed by atoms with E-state index in [1.54, 1.807) is 30.3 Å². The van der Waals surface area contributed by atoms with Crippen LogP contribution in [-0.2, 0) is 4.79 Å². The molecule has 1 amide bonds. The number of aromatic nitrogens is 3. The van der Waals surface area contributed by atoms with E-state index in [0.717, 1.165) is 11.8 Å². The second kappa shape index (κ2) is 10.0. The monoisotopic (exact) mass is 468 g/mol. The molecule has 2 aromatic carbocycles. The highest BCUT2D eigenvalue weighted by Gasteiger charge is 2.30. The summed E-state index contributed by atoms with van der Waals surface area (Å²) in [7, 11) is 0. The number of rotatable bonds is 8. The van der Waals surface area contributed by atoms with Gasteiger partial charge >= 0.3 is 6.18 Å². The van der Waals surface area contributed by atoms with E-state index in [1.165, 1.54) is 29.7 Å². The number of nitrogens with one attached hydrogen (secondary N) is 1. The average Bonchev–Trinajstić information content (AvgIpc) is 3.15. The van der Waals surface area contributed by atoms with Crippen molar-refractivity contribution < 1.29 is 27.1 Å². The van der Waals surface area contributed by atoms with Crippen LogP contribution in [0.2, 0.25) is 0 Å². The summed E-state index contributed by atoms with van der Waals surface area (Å²) in [5.74, 6) is -0.408. The van der Waals surface area contributed by atoms with Gasteiger partial charge < -0.3 is 10.1 Å². The molecule has 6 nitrogen and oxygen atoms in total. The molecule has 0 aliphatic heterocycles. The minimum atomic E-state index is -4.52. The topological polar surface area (TPSA) is 69.0 Å². The molecule has 1 unspecified atom stereocenters. The zero-order valence-electron chi connectivity index (χ0n) is 17.2. The summed E-state index contributed by atoms with van der Waals surface area (Å²) in [4.78, 5) is 12.1. The maximum Gasteiger partial charge on any atom is 0.405 e. The number of nitrogens with zero attached hydrogens (tertiary/aromatic N) is 3. The molecule has 0 spiro atoms. The molecule has 32 heavy (non-hydrogen) atoms. The van der Waals surface area contributed by atoms with Gasteiger partial charge in [-0.3, -0.25) is 9.36 Å². The molecular formula is C21H20F4N4O2S. The van der Waals surface area contributed by atoms with Crippen LogP contribution in [0.1, 0.15) is 13.8 Å². The number of hydrogen-bond acceptors (Lipinski definition) is 5. The van der Waals surface area contributed by atoms with Crippen molar-refractivity contribution in [2.24, 2.45) is 0 Å². The Hall–Kier alpha value is -3.08. The van der Waals surface area contributed by atoms with Gasteiger partial charge in [0.1, 0.15) is 18.1 Å². The molecule has 1 atom stereocenters. The molecule has 1 aromatic heterocycles. The zero-order valence-corrected chi connectivity index (χ0v) is 18.0. The maximum absolute atomic E-state index is 14.6. The summed E-state index contributed by atoms with van der Waals surface area (Å²) >= 11 is 0.878. The van der Waals surface area contributed by atoms with Crippen molar-refractivity contribution in [2.45, 2.75) is 30.4 Å². The van der Waals surface area contributed by atoms with Gasteiger partial charge in [-0.15, -0.1) is 10.2 Å². The van der Waals surface area contributed by atoms with Gasteiger partial charge in [0.15, 0.2) is 11.0 Å². The van der Waals surface area contributed by atoms with E-state index in [1.807, 2.05) is 12.2 Å². The van der Waals surface area contributed by atoms with Crippen LogP contribution in [0.3, 0.4) is 0 Å². The molecule has 1 heterocycles. The van der Waals surface area contributed by atoms with Crippen LogP contribution >= 0.6 is 11.8 Å². The summed E-state index contributed by atoms with van der Waals surface area (Å²) in [6.07, 6.45) is -4.52. The summed E-state index contributed by atoms with van der Waals surface area (Å²) in [5, 5.41) is 9.30. The van der Waals surface area contributed by atoms with E-state index in [9.17, 15) is 22.4 Å². The maximum atomic E-state index is 14.6. The van der Waals surface area contributed by atoms with Crippen molar-refractivity contribution in [3.05, 3.63) is 54.3 Å².